The van der Waals surface area contributed by atoms with Gasteiger partial charge in [0, 0.05) is 11.9 Å². The first-order valence-electron chi connectivity index (χ1n) is 8.46. The monoisotopic (exact) mass is 372 g/mol. The Balaban J connectivity index is 1.55. The number of carbonyl (C=O) groups excluding carboxylic acids is 1. The van der Waals surface area contributed by atoms with Crippen LogP contribution in [0.2, 0.25) is 5.02 Å². The Kier molecular flexibility index (Phi) is 4.07. The van der Waals surface area contributed by atoms with Crippen LogP contribution in [0.1, 0.15) is 41.6 Å². The van der Waals surface area contributed by atoms with Crippen LogP contribution in [0, 0.1) is 0 Å². The number of hydrogen-bond donors (Lipinski definition) is 2. The summed E-state index contributed by atoms with van der Waals surface area (Å²) in [5.74, 6) is -0.659. The largest absolute Gasteiger partial charge is 0.478 e. The molecule has 0 bridgehead atoms. The minimum atomic E-state index is -0.996. The Morgan fingerprint density at radius 3 is 2.77 bits per heavy atom. The summed E-state index contributed by atoms with van der Waals surface area (Å²) >= 11 is 6.09. The van der Waals surface area contributed by atoms with Crippen LogP contribution in [0.5, 0.6) is 5.88 Å². The minimum absolute atomic E-state index is 0.0654. The number of benzene rings is 1. The molecule has 26 heavy (non-hydrogen) atoms. The minimum Gasteiger partial charge on any atom is -0.478 e. The van der Waals surface area contributed by atoms with Crippen molar-refractivity contribution in [1.29, 1.82) is 0 Å². The van der Waals surface area contributed by atoms with Gasteiger partial charge in [-0.1, -0.05) is 11.6 Å². The first-order valence-corrected chi connectivity index (χ1v) is 8.84. The van der Waals surface area contributed by atoms with Gasteiger partial charge in [0.25, 0.3) is 0 Å². The maximum Gasteiger partial charge on any atom is 0.335 e. The van der Waals surface area contributed by atoms with Crippen molar-refractivity contribution < 1.29 is 19.4 Å². The molecule has 0 unspecified atom stereocenters. The summed E-state index contributed by atoms with van der Waals surface area (Å²) in [6.45, 7) is 0. The number of carboxylic acid groups (broad SMARTS) is 1. The molecule has 2 N–H and O–H groups in total. The molecule has 134 valence electrons. The van der Waals surface area contributed by atoms with Gasteiger partial charge in [0.15, 0.2) is 0 Å². The molecule has 7 heteroatoms. The van der Waals surface area contributed by atoms with E-state index in [4.69, 9.17) is 16.3 Å². The van der Waals surface area contributed by atoms with Crippen LogP contribution in [0.4, 0.5) is 5.69 Å². The van der Waals surface area contributed by atoms with Gasteiger partial charge in [0.05, 0.1) is 11.0 Å². The fourth-order valence-electron chi connectivity index (χ4n) is 3.86. The lowest BCUT2D eigenvalue weighted by atomic mass is 9.69. The molecule has 1 spiro atoms. The molecular weight excluding hydrogens is 356 g/mol. The standard InChI is InChI=1S/C19H17ClN2O4/c20-14-2-1-9-21-16(14)26-12-5-7-19(8-6-12)13-10-11(17(23)24)3-4-15(13)22-18(19)25/h1-4,9-10,12H,5-8H2,(H,22,25)(H,23,24). The number of nitrogens with one attached hydrogen (secondary N) is 1. The van der Waals surface area contributed by atoms with Gasteiger partial charge in [-0.15, -0.1) is 0 Å². The molecule has 1 aliphatic carbocycles. The first-order chi connectivity index (χ1) is 12.5. The lowest BCUT2D eigenvalue weighted by molar-refractivity contribution is -0.122. The van der Waals surface area contributed by atoms with Gasteiger partial charge in [-0.25, -0.2) is 9.78 Å². The Morgan fingerprint density at radius 1 is 1.31 bits per heavy atom. The molecule has 0 saturated heterocycles. The highest BCUT2D eigenvalue weighted by Gasteiger charge is 2.49. The number of nitrogens with zero attached hydrogens (tertiary/aromatic N) is 1. The van der Waals surface area contributed by atoms with Crippen LogP contribution in [0.15, 0.2) is 36.5 Å². The number of carboxylic acids is 1. The quantitative estimate of drug-likeness (QED) is 0.858. The van der Waals surface area contributed by atoms with E-state index in [0.717, 1.165) is 5.56 Å². The highest BCUT2D eigenvalue weighted by atomic mass is 35.5. The third kappa shape index (κ3) is 2.70. The van der Waals surface area contributed by atoms with E-state index < -0.39 is 11.4 Å². The number of hydrogen-bond acceptors (Lipinski definition) is 4. The molecule has 1 fully saturated rings. The predicted octanol–water partition coefficient (Wildman–Crippen LogP) is 3.64. The lowest BCUT2D eigenvalue weighted by Crippen LogP contribution is -2.41. The summed E-state index contributed by atoms with van der Waals surface area (Å²) in [4.78, 5) is 28.1. The van der Waals surface area contributed by atoms with Gasteiger partial charge >= 0.3 is 5.97 Å². The van der Waals surface area contributed by atoms with Crippen molar-refractivity contribution in [3.05, 3.63) is 52.7 Å². The van der Waals surface area contributed by atoms with Gasteiger partial charge in [-0.3, -0.25) is 4.79 Å². The summed E-state index contributed by atoms with van der Waals surface area (Å²) in [5, 5.41) is 12.6. The number of ether oxygens (including phenoxy) is 1. The summed E-state index contributed by atoms with van der Waals surface area (Å²) in [7, 11) is 0. The van der Waals surface area contributed by atoms with Crippen molar-refractivity contribution in [2.75, 3.05) is 5.32 Å². The highest BCUT2D eigenvalue weighted by Crippen LogP contribution is 2.48. The second-order valence-corrected chi connectivity index (χ2v) is 7.12. The van der Waals surface area contributed by atoms with Crippen LogP contribution < -0.4 is 10.1 Å². The van der Waals surface area contributed by atoms with Gasteiger partial charge in [-0.2, -0.15) is 0 Å². The first kappa shape index (κ1) is 16.8. The van der Waals surface area contributed by atoms with Crippen molar-refractivity contribution in [2.24, 2.45) is 0 Å². The zero-order valence-corrected chi connectivity index (χ0v) is 14.6. The summed E-state index contributed by atoms with van der Waals surface area (Å²) < 4.78 is 5.91. The van der Waals surface area contributed by atoms with Crippen molar-refractivity contribution in [3.63, 3.8) is 0 Å². The molecule has 2 aliphatic rings. The van der Waals surface area contributed by atoms with Crippen molar-refractivity contribution in [3.8, 4) is 5.88 Å². The van der Waals surface area contributed by atoms with Gasteiger partial charge < -0.3 is 15.2 Å². The van der Waals surface area contributed by atoms with Gasteiger partial charge in [0.1, 0.15) is 11.1 Å². The van der Waals surface area contributed by atoms with Gasteiger partial charge in [-0.05, 0) is 61.6 Å². The topological polar surface area (TPSA) is 88.5 Å². The number of halogens is 1. The maximum atomic E-state index is 12.7. The smallest absolute Gasteiger partial charge is 0.335 e. The van der Waals surface area contributed by atoms with Crippen LogP contribution in [-0.2, 0) is 10.2 Å². The molecule has 1 saturated carbocycles. The third-order valence-corrected chi connectivity index (χ3v) is 5.54. The van der Waals surface area contributed by atoms with E-state index in [2.05, 4.69) is 10.3 Å². The van der Waals surface area contributed by atoms with Crippen molar-refractivity contribution >= 4 is 29.2 Å². The number of aromatic nitrogens is 1. The highest BCUT2D eigenvalue weighted by molar-refractivity contribution is 6.31. The van der Waals surface area contributed by atoms with E-state index in [9.17, 15) is 14.7 Å². The van der Waals surface area contributed by atoms with Crippen LogP contribution in [0.3, 0.4) is 0 Å². The molecular formula is C19H17ClN2O4. The van der Waals surface area contributed by atoms with E-state index in [1.807, 2.05) is 0 Å². The Bertz CT molecular complexity index is 891. The van der Waals surface area contributed by atoms with Crippen molar-refractivity contribution in [1.82, 2.24) is 4.98 Å². The summed E-state index contributed by atoms with van der Waals surface area (Å²) in [5.41, 5.74) is 0.983. The Hall–Kier alpha value is -2.60. The zero-order chi connectivity index (χ0) is 18.3. The maximum absolute atomic E-state index is 12.7. The number of aromatic carboxylic acids is 1. The molecule has 1 amide bonds. The van der Waals surface area contributed by atoms with E-state index in [0.29, 0.717) is 42.3 Å². The number of rotatable bonds is 3. The average Bonchev–Trinajstić information content (AvgIpc) is 2.90. The fourth-order valence-corrected chi connectivity index (χ4v) is 4.03. The molecule has 4 rings (SSSR count). The van der Waals surface area contributed by atoms with E-state index in [1.54, 1.807) is 30.5 Å². The number of anilines is 1. The molecule has 1 aliphatic heterocycles. The Morgan fingerprint density at radius 2 is 2.08 bits per heavy atom. The molecule has 2 aromatic rings. The molecule has 1 aromatic carbocycles. The summed E-state index contributed by atoms with van der Waals surface area (Å²) in [6, 6.07) is 8.26. The van der Waals surface area contributed by atoms with E-state index in [-0.39, 0.29) is 17.6 Å². The van der Waals surface area contributed by atoms with E-state index in [1.165, 1.54) is 6.07 Å². The number of amides is 1. The zero-order valence-electron chi connectivity index (χ0n) is 13.9. The third-order valence-electron chi connectivity index (χ3n) is 5.25. The van der Waals surface area contributed by atoms with Crippen LogP contribution >= 0.6 is 11.6 Å². The number of fused-ring (bicyclic) bond motifs is 2. The molecule has 0 atom stereocenters. The molecule has 6 nitrogen and oxygen atoms in total. The molecule has 2 heterocycles. The van der Waals surface area contributed by atoms with Crippen molar-refractivity contribution in [2.45, 2.75) is 37.2 Å². The lowest BCUT2D eigenvalue weighted by Gasteiger charge is -2.35. The van der Waals surface area contributed by atoms with E-state index >= 15 is 0 Å². The molecule has 0 radical (unpaired) electrons. The Labute approximate surface area is 155 Å². The van der Waals surface area contributed by atoms with Crippen LogP contribution in [0.25, 0.3) is 0 Å². The normalized spacial score (nSPS) is 24.2. The number of carbonyl (C=O) groups is 2. The number of pyridine rings is 1. The SMILES string of the molecule is O=C(O)c1ccc2c(c1)C1(CCC(Oc3ncccc3Cl)CC1)C(=O)N2. The van der Waals surface area contributed by atoms with Gasteiger partial charge in [0.2, 0.25) is 11.8 Å². The second-order valence-electron chi connectivity index (χ2n) is 6.71. The second kappa shape index (κ2) is 6.29. The van der Waals surface area contributed by atoms with Crippen LogP contribution in [-0.4, -0.2) is 28.1 Å². The molecule has 1 aromatic heterocycles. The predicted molar refractivity (Wildman–Crippen MR) is 95.8 cm³/mol. The summed E-state index contributed by atoms with van der Waals surface area (Å²) in [6.07, 6.45) is 4.05. The fraction of sp³-hybridized carbons (Fsp3) is 0.316. The average molecular weight is 373 g/mol.